The number of nitriles is 1. The van der Waals surface area contributed by atoms with E-state index in [2.05, 4.69) is 16.0 Å². The number of nitrogens with zero attached hydrogens (tertiary/aromatic N) is 2. The monoisotopic (exact) mass is 339 g/mol. The Bertz CT molecular complexity index is 937. The van der Waals surface area contributed by atoms with Crippen LogP contribution in [0, 0.1) is 11.3 Å². The third-order valence-corrected chi connectivity index (χ3v) is 3.89. The summed E-state index contributed by atoms with van der Waals surface area (Å²) in [5, 5.41) is 9.96. The lowest BCUT2D eigenvalue weighted by molar-refractivity contribution is 0.355. The van der Waals surface area contributed by atoms with Gasteiger partial charge in [0.2, 0.25) is 0 Å². The van der Waals surface area contributed by atoms with Crippen molar-refractivity contribution in [2.75, 3.05) is 14.2 Å². The molecule has 1 aromatic heterocycles. The molecule has 0 spiro atoms. The first-order valence-corrected chi connectivity index (χ1v) is 7.52. The van der Waals surface area contributed by atoms with Crippen LogP contribution in [0.15, 0.2) is 36.4 Å². The molecule has 3 aromatic rings. The maximum absolute atomic E-state index is 9.51. The quantitative estimate of drug-likeness (QED) is 0.719. The van der Waals surface area contributed by atoms with Gasteiger partial charge in [-0.1, -0.05) is 23.7 Å². The standard InChI is InChI=1S/C18H14ClN3O2/c1-23-16-8-11(13(19)9-17(16)24-2)7-12(10-20)18-21-14-5-3-4-6-15(14)22-18/h3-9H,1-2H3,(H,21,22). The van der Waals surface area contributed by atoms with Crippen molar-refractivity contribution >= 4 is 34.3 Å². The predicted octanol–water partition coefficient (Wildman–Crippen LogP) is 4.30. The number of ether oxygens (including phenoxy) is 2. The van der Waals surface area contributed by atoms with E-state index in [0.29, 0.717) is 33.5 Å². The SMILES string of the molecule is COc1cc(Cl)c(C=C(C#N)c2nc3ccccc3[nH]2)cc1OC. The minimum absolute atomic E-state index is 0.375. The molecule has 0 aliphatic carbocycles. The molecule has 0 saturated heterocycles. The van der Waals surface area contributed by atoms with Crippen LogP contribution in [-0.2, 0) is 0 Å². The van der Waals surface area contributed by atoms with Gasteiger partial charge in [-0.15, -0.1) is 0 Å². The van der Waals surface area contributed by atoms with E-state index < -0.39 is 0 Å². The highest BCUT2D eigenvalue weighted by molar-refractivity contribution is 6.32. The lowest BCUT2D eigenvalue weighted by atomic mass is 10.1. The maximum Gasteiger partial charge on any atom is 0.162 e. The first-order valence-electron chi connectivity index (χ1n) is 7.14. The second-order valence-corrected chi connectivity index (χ2v) is 5.41. The van der Waals surface area contributed by atoms with Gasteiger partial charge in [-0.05, 0) is 29.8 Å². The molecule has 5 nitrogen and oxygen atoms in total. The summed E-state index contributed by atoms with van der Waals surface area (Å²) in [6, 6.07) is 13.1. The number of methoxy groups -OCH3 is 2. The van der Waals surface area contributed by atoms with E-state index in [1.165, 1.54) is 0 Å². The van der Waals surface area contributed by atoms with Crippen LogP contribution in [0.5, 0.6) is 11.5 Å². The molecule has 0 atom stereocenters. The van der Waals surface area contributed by atoms with Gasteiger partial charge in [0.15, 0.2) is 11.5 Å². The number of halogens is 1. The van der Waals surface area contributed by atoms with Crippen molar-refractivity contribution in [1.82, 2.24) is 9.97 Å². The largest absolute Gasteiger partial charge is 0.493 e. The Morgan fingerprint density at radius 2 is 1.92 bits per heavy atom. The third-order valence-electron chi connectivity index (χ3n) is 3.57. The summed E-state index contributed by atoms with van der Waals surface area (Å²) in [6.07, 6.45) is 1.67. The molecule has 0 aliphatic heterocycles. The molecule has 0 bridgehead atoms. The van der Waals surface area contributed by atoms with Crippen molar-refractivity contribution in [3.63, 3.8) is 0 Å². The number of hydrogen-bond donors (Lipinski definition) is 1. The molecule has 0 saturated carbocycles. The molecule has 0 aliphatic rings. The van der Waals surface area contributed by atoms with Gasteiger partial charge in [0.05, 0.1) is 35.8 Å². The summed E-state index contributed by atoms with van der Waals surface area (Å²) in [7, 11) is 3.09. The Balaban J connectivity index is 2.09. The van der Waals surface area contributed by atoms with E-state index in [1.54, 1.807) is 32.4 Å². The van der Waals surface area contributed by atoms with Gasteiger partial charge in [-0.3, -0.25) is 0 Å². The van der Waals surface area contributed by atoms with Gasteiger partial charge in [0.25, 0.3) is 0 Å². The number of aromatic amines is 1. The van der Waals surface area contributed by atoms with Gasteiger partial charge >= 0.3 is 0 Å². The Labute approximate surface area is 144 Å². The van der Waals surface area contributed by atoms with Crippen LogP contribution in [0.25, 0.3) is 22.7 Å². The van der Waals surface area contributed by atoms with Crippen LogP contribution in [0.3, 0.4) is 0 Å². The van der Waals surface area contributed by atoms with E-state index in [0.717, 1.165) is 11.0 Å². The summed E-state index contributed by atoms with van der Waals surface area (Å²) in [5.74, 6) is 1.56. The topological polar surface area (TPSA) is 70.9 Å². The number of allylic oxidation sites excluding steroid dienone is 1. The molecule has 1 heterocycles. The number of rotatable bonds is 4. The molecule has 0 radical (unpaired) electrons. The highest BCUT2D eigenvalue weighted by Gasteiger charge is 2.12. The minimum atomic E-state index is 0.375. The number of para-hydroxylation sites is 2. The zero-order valence-corrected chi connectivity index (χ0v) is 13.9. The first-order chi connectivity index (χ1) is 11.7. The molecule has 24 heavy (non-hydrogen) atoms. The molecule has 1 N–H and O–H groups in total. The lowest BCUT2D eigenvalue weighted by Crippen LogP contribution is -1.92. The number of fused-ring (bicyclic) bond motifs is 1. The molecule has 0 unspecified atom stereocenters. The van der Waals surface area contributed by atoms with E-state index in [4.69, 9.17) is 21.1 Å². The van der Waals surface area contributed by atoms with Crippen molar-refractivity contribution in [2.24, 2.45) is 0 Å². The molecule has 3 rings (SSSR count). The lowest BCUT2D eigenvalue weighted by Gasteiger charge is -2.09. The van der Waals surface area contributed by atoms with Crippen molar-refractivity contribution in [2.45, 2.75) is 0 Å². The smallest absolute Gasteiger partial charge is 0.162 e. The first kappa shape index (κ1) is 15.9. The molecule has 120 valence electrons. The summed E-state index contributed by atoms with van der Waals surface area (Å²) < 4.78 is 10.5. The van der Waals surface area contributed by atoms with Gasteiger partial charge in [0.1, 0.15) is 11.9 Å². The number of nitrogens with one attached hydrogen (secondary N) is 1. The van der Waals surface area contributed by atoms with E-state index >= 15 is 0 Å². The van der Waals surface area contributed by atoms with Crippen molar-refractivity contribution < 1.29 is 9.47 Å². The molecule has 0 fully saturated rings. The number of H-pyrrole nitrogens is 1. The molecular formula is C18H14ClN3O2. The Morgan fingerprint density at radius 3 is 2.58 bits per heavy atom. The third kappa shape index (κ3) is 2.92. The second kappa shape index (κ2) is 6.65. The number of imidazole rings is 1. The Hall–Kier alpha value is -2.97. The zero-order chi connectivity index (χ0) is 17.1. The van der Waals surface area contributed by atoms with Gasteiger partial charge < -0.3 is 14.5 Å². The Kier molecular flexibility index (Phi) is 4.41. The normalized spacial score (nSPS) is 11.3. The van der Waals surface area contributed by atoms with Crippen molar-refractivity contribution in [3.8, 4) is 17.6 Å². The number of hydrogen-bond acceptors (Lipinski definition) is 4. The van der Waals surface area contributed by atoms with Crippen LogP contribution >= 0.6 is 11.6 Å². The predicted molar refractivity (Wildman–Crippen MR) is 94.1 cm³/mol. The van der Waals surface area contributed by atoms with Crippen LogP contribution in [0.2, 0.25) is 5.02 Å². The molecule has 2 aromatic carbocycles. The summed E-state index contributed by atoms with van der Waals surface area (Å²) in [4.78, 5) is 7.58. The second-order valence-electron chi connectivity index (χ2n) is 5.00. The number of aromatic nitrogens is 2. The maximum atomic E-state index is 9.51. The van der Waals surface area contributed by atoms with E-state index in [1.807, 2.05) is 24.3 Å². The van der Waals surface area contributed by atoms with Crippen LogP contribution in [-0.4, -0.2) is 24.2 Å². The highest BCUT2D eigenvalue weighted by Crippen LogP contribution is 2.34. The van der Waals surface area contributed by atoms with Crippen LogP contribution in [0.1, 0.15) is 11.4 Å². The summed E-state index contributed by atoms with van der Waals surface area (Å²) >= 11 is 6.28. The van der Waals surface area contributed by atoms with Crippen LogP contribution < -0.4 is 9.47 Å². The summed E-state index contributed by atoms with van der Waals surface area (Å²) in [5.41, 5.74) is 2.69. The molecule has 0 amide bonds. The fourth-order valence-electron chi connectivity index (χ4n) is 2.37. The Morgan fingerprint density at radius 1 is 1.21 bits per heavy atom. The molecule has 6 heteroatoms. The zero-order valence-electron chi connectivity index (χ0n) is 13.1. The average molecular weight is 340 g/mol. The van der Waals surface area contributed by atoms with Crippen LogP contribution in [0.4, 0.5) is 0 Å². The van der Waals surface area contributed by atoms with Crippen molar-refractivity contribution in [1.29, 1.82) is 5.26 Å². The summed E-state index contributed by atoms with van der Waals surface area (Å²) in [6.45, 7) is 0. The highest BCUT2D eigenvalue weighted by atomic mass is 35.5. The van der Waals surface area contributed by atoms with Gasteiger partial charge in [0, 0.05) is 6.07 Å². The fraction of sp³-hybridized carbons (Fsp3) is 0.111. The van der Waals surface area contributed by atoms with Gasteiger partial charge in [-0.25, -0.2) is 4.98 Å². The average Bonchev–Trinajstić information content (AvgIpc) is 3.04. The number of benzene rings is 2. The molecular weight excluding hydrogens is 326 g/mol. The van der Waals surface area contributed by atoms with E-state index in [9.17, 15) is 5.26 Å². The fourth-order valence-corrected chi connectivity index (χ4v) is 2.58. The minimum Gasteiger partial charge on any atom is -0.493 e. The van der Waals surface area contributed by atoms with Gasteiger partial charge in [-0.2, -0.15) is 5.26 Å². The van der Waals surface area contributed by atoms with E-state index in [-0.39, 0.29) is 0 Å². The van der Waals surface area contributed by atoms with Crippen molar-refractivity contribution in [3.05, 3.63) is 52.8 Å².